The number of amides is 3. The molecule has 0 radical (unpaired) electrons. The van der Waals surface area contributed by atoms with Crippen molar-refractivity contribution >= 4 is 62.2 Å². The number of primary sulfonamides is 1. The Hall–Kier alpha value is -3.26. The van der Waals surface area contributed by atoms with Crippen LogP contribution in [0.5, 0.6) is 0 Å². The van der Waals surface area contributed by atoms with Crippen LogP contribution >= 0.6 is 23.1 Å². The molecule has 38 heavy (non-hydrogen) atoms. The molecule has 2 atom stereocenters. The van der Waals surface area contributed by atoms with Gasteiger partial charge in [-0.1, -0.05) is 54.6 Å². The Morgan fingerprint density at radius 1 is 1.03 bits per heavy atom. The second-order valence-corrected chi connectivity index (χ2v) is 13.4. The van der Waals surface area contributed by atoms with E-state index in [0.717, 1.165) is 28.7 Å². The molecule has 1 saturated heterocycles. The standard InChI is InChI=1S/C25H24N4O6S3/c1-13-4-8-15(9-5-13)29-21(31)18-19(22(29)32)36-23-20(25(18,2)3)37-24(33)28(23)12-17(30)27-14-6-10-16(11-7-14)38(26,34)35/h4-11,18-19H,12H2,1-3H3,(H,27,30)(H2,26,34,35)/t18-,19+/m1/s1. The van der Waals surface area contributed by atoms with Gasteiger partial charge < -0.3 is 5.32 Å². The highest BCUT2D eigenvalue weighted by Gasteiger charge is 2.59. The number of benzene rings is 2. The van der Waals surface area contributed by atoms with E-state index in [2.05, 4.69) is 5.32 Å². The Bertz CT molecular complexity index is 1640. The molecule has 2 aromatic carbocycles. The van der Waals surface area contributed by atoms with Gasteiger partial charge in [-0.2, -0.15) is 0 Å². The topological polar surface area (TPSA) is 149 Å². The van der Waals surface area contributed by atoms with Crippen LogP contribution in [-0.4, -0.2) is 36.0 Å². The van der Waals surface area contributed by atoms with Crippen LogP contribution in [0.1, 0.15) is 24.3 Å². The molecule has 2 aliphatic heterocycles. The monoisotopic (exact) mass is 572 g/mol. The van der Waals surface area contributed by atoms with Gasteiger partial charge in [0.2, 0.25) is 27.7 Å². The summed E-state index contributed by atoms with van der Waals surface area (Å²) < 4.78 is 24.2. The number of sulfonamides is 1. The summed E-state index contributed by atoms with van der Waals surface area (Å²) in [6.45, 7) is 5.30. The first-order valence-corrected chi connectivity index (χ1v) is 14.8. The normalized spacial score (nSPS) is 20.3. The van der Waals surface area contributed by atoms with E-state index in [1.807, 2.05) is 32.9 Å². The van der Waals surface area contributed by atoms with Crippen molar-refractivity contribution in [2.75, 3.05) is 10.2 Å². The molecule has 3 amide bonds. The van der Waals surface area contributed by atoms with Gasteiger partial charge in [0.25, 0.3) is 0 Å². The van der Waals surface area contributed by atoms with Gasteiger partial charge in [-0.25, -0.2) is 18.5 Å². The first kappa shape index (κ1) is 26.4. The number of nitrogens with two attached hydrogens (primary N) is 1. The highest BCUT2D eigenvalue weighted by atomic mass is 32.2. The van der Waals surface area contributed by atoms with Gasteiger partial charge in [-0.3, -0.25) is 23.7 Å². The molecule has 0 aliphatic carbocycles. The summed E-state index contributed by atoms with van der Waals surface area (Å²) >= 11 is 2.12. The highest BCUT2D eigenvalue weighted by molar-refractivity contribution is 8.00. The summed E-state index contributed by atoms with van der Waals surface area (Å²) in [5.74, 6) is -1.82. The lowest BCUT2D eigenvalue weighted by atomic mass is 9.76. The number of thiazole rings is 1. The summed E-state index contributed by atoms with van der Waals surface area (Å²) in [6, 6.07) is 12.5. The van der Waals surface area contributed by atoms with Gasteiger partial charge in [-0.05, 0) is 43.3 Å². The van der Waals surface area contributed by atoms with E-state index in [1.165, 1.54) is 33.7 Å². The molecule has 10 nitrogen and oxygen atoms in total. The fourth-order valence-electron chi connectivity index (χ4n) is 4.79. The van der Waals surface area contributed by atoms with Gasteiger partial charge in [0.05, 0.1) is 21.5 Å². The summed E-state index contributed by atoms with van der Waals surface area (Å²) in [6.07, 6.45) is 0. The van der Waals surface area contributed by atoms with E-state index in [9.17, 15) is 27.6 Å². The molecule has 3 N–H and O–H groups in total. The van der Waals surface area contributed by atoms with Crippen LogP contribution in [-0.2, 0) is 36.4 Å². The van der Waals surface area contributed by atoms with Gasteiger partial charge in [0, 0.05) is 16.0 Å². The first-order chi connectivity index (χ1) is 17.8. The second-order valence-electron chi connectivity index (χ2n) is 9.79. The number of aromatic nitrogens is 1. The number of hydrogen-bond donors (Lipinski definition) is 2. The van der Waals surface area contributed by atoms with Crippen LogP contribution in [0, 0.1) is 12.8 Å². The minimum absolute atomic E-state index is 0.0951. The van der Waals surface area contributed by atoms with Crippen molar-refractivity contribution < 1.29 is 22.8 Å². The second kappa shape index (κ2) is 9.19. The third kappa shape index (κ3) is 4.38. The fourth-order valence-corrected chi connectivity index (χ4v) is 8.34. The van der Waals surface area contributed by atoms with Crippen molar-refractivity contribution in [3.8, 4) is 0 Å². The molecule has 0 unspecified atom stereocenters. The first-order valence-electron chi connectivity index (χ1n) is 11.6. The number of rotatable bonds is 5. The number of nitrogens with one attached hydrogen (secondary N) is 1. The van der Waals surface area contributed by atoms with Gasteiger partial charge in [-0.15, -0.1) is 0 Å². The average Bonchev–Trinajstić information content (AvgIpc) is 3.28. The minimum Gasteiger partial charge on any atom is -0.325 e. The van der Waals surface area contributed by atoms with Gasteiger partial charge in [0.1, 0.15) is 11.8 Å². The van der Waals surface area contributed by atoms with Crippen molar-refractivity contribution in [3.05, 3.63) is 68.6 Å². The van der Waals surface area contributed by atoms with Gasteiger partial charge in [0.15, 0.2) is 0 Å². The minimum atomic E-state index is -3.87. The molecule has 2 aliphatic rings. The lowest BCUT2D eigenvalue weighted by molar-refractivity contribution is -0.123. The predicted octanol–water partition coefficient (Wildman–Crippen LogP) is 2.45. The molecule has 1 fully saturated rings. The quantitative estimate of drug-likeness (QED) is 0.446. The van der Waals surface area contributed by atoms with Gasteiger partial charge >= 0.3 is 4.87 Å². The summed E-state index contributed by atoms with van der Waals surface area (Å²) in [5, 5.41) is 7.51. The van der Waals surface area contributed by atoms with Crippen molar-refractivity contribution in [1.29, 1.82) is 0 Å². The summed E-state index contributed by atoms with van der Waals surface area (Å²) in [7, 11) is -3.87. The molecule has 0 bridgehead atoms. The van der Waals surface area contributed by atoms with E-state index in [4.69, 9.17) is 5.14 Å². The molecule has 198 valence electrons. The molecule has 5 rings (SSSR count). The summed E-state index contributed by atoms with van der Waals surface area (Å²) in [4.78, 5) is 54.2. The van der Waals surface area contributed by atoms with E-state index in [-0.39, 0.29) is 28.1 Å². The van der Waals surface area contributed by atoms with Crippen LogP contribution < -0.4 is 20.2 Å². The third-order valence-corrected chi connectivity index (χ3v) is 10.5. The number of nitrogens with zero attached hydrogens (tertiary/aromatic N) is 2. The number of hydrogen-bond acceptors (Lipinski definition) is 8. The van der Waals surface area contributed by atoms with Crippen LogP contribution in [0.4, 0.5) is 11.4 Å². The number of thioether (sulfide) groups is 1. The molecule has 3 aromatic rings. The maximum Gasteiger partial charge on any atom is 0.308 e. The molecule has 0 spiro atoms. The Labute approximate surface area is 226 Å². The zero-order valence-electron chi connectivity index (χ0n) is 20.6. The largest absolute Gasteiger partial charge is 0.325 e. The van der Waals surface area contributed by atoms with E-state index in [1.54, 1.807) is 12.1 Å². The van der Waals surface area contributed by atoms with Crippen LogP contribution in [0.25, 0.3) is 0 Å². The van der Waals surface area contributed by atoms with Crippen molar-refractivity contribution in [1.82, 2.24) is 4.57 Å². The van der Waals surface area contributed by atoms with Crippen molar-refractivity contribution in [2.24, 2.45) is 11.1 Å². The van der Waals surface area contributed by atoms with Crippen molar-refractivity contribution in [2.45, 2.75) is 47.9 Å². The van der Waals surface area contributed by atoms with E-state index < -0.39 is 32.5 Å². The number of aryl methyl sites for hydroxylation is 1. The molecule has 3 heterocycles. The highest BCUT2D eigenvalue weighted by Crippen LogP contribution is 2.54. The SMILES string of the molecule is Cc1ccc(N2C(=O)[C@H]3Sc4c(sc(=O)n4CC(=O)Nc4ccc(S(N)(=O)=O)cc4)C(C)(C)[C@H]3C2=O)cc1. The molecule has 0 saturated carbocycles. The number of carbonyl (C=O) groups is 3. The Morgan fingerprint density at radius 2 is 1.66 bits per heavy atom. The average molecular weight is 573 g/mol. The Kier molecular flexibility index (Phi) is 6.37. The zero-order chi connectivity index (χ0) is 27.6. The fraction of sp³-hybridized carbons (Fsp3) is 0.280. The molecular formula is C25H24N4O6S3. The molecule has 13 heteroatoms. The number of imide groups is 1. The Balaban J connectivity index is 1.42. The number of fused-ring (bicyclic) bond motifs is 2. The number of carbonyl (C=O) groups excluding carboxylic acids is 3. The number of anilines is 2. The van der Waals surface area contributed by atoms with Crippen molar-refractivity contribution in [3.63, 3.8) is 0 Å². The van der Waals surface area contributed by atoms with E-state index in [0.29, 0.717) is 21.3 Å². The van der Waals surface area contributed by atoms with Crippen LogP contribution in [0.3, 0.4) is 0 Å². The molecular weight excluding hydrogens is 548 g/mol. The predicted molar refractivity (Wildman–Crippen MR) is 145 cm³/mol. The smallest absolute Gasteiger partial charge is 0.308 e. The van der Waals surface area contributed by atoms with Crippen LogP contribution in [0.15, 0.2) is 63.2 Å². The maximum atomic E-state index is 13.5. The lowest BCUT2D eigenvalue weighted by Gasteiger charge is -2.36. The van der Waals surface area contributed by atoms with Crippen LogP contribution in [0.2, 0.25) is 0 Å². The molecule has 1 aromatic heterocycles. The lowest BCUT2D eigenvalue weighted by Crippen LogP contribution is -2.41. The zero-order valence-corrected chi connectivity index (χ0v) is 23.1. The van der Waals surface area contributed by atoms with E-state index >= 15 is 0 Å². The maximum absolute atomic E-state index is 13.5. The Morgan fingerprint density at radius 3 is 2.26 bits per heavy atom. The summed E-state index contributed by atoms with van der Waals surface area (Å²) in [5.41, 5.74) is 1.03. The third-order valence-electron chi connectivity index (χ3n) is 6.76.